The van der Waals surface area contributed by atoms with Gasteiger partial charge in [-0.3, -0.25) is 9.67 Å². The molecule has 17 heavy (non-hydrogen) atoms. The predicted octanol–water partition coefficient (Wildman–Crippen LogP) is 3.22. The van der Waals surface area contributed by atoms with Gasteiger partial charge in [-0.05, 0) is 43.3 Å². The van der Waals surface area contributed by atoms with Gasteiger partial charge in [0.2, 0.25) is 0 Å². The van der Waals surface area contributed by atoms with Gasteiger partial charge in [0.05, 0.1) is 0 Å². The molecule has 1 aromatic carbocycles. The van der Waals surface area contributed by atoms with Crippen LogP contribution in [0.4, 0.5) is 8.78 Å². The van der Waals surface area contributed by atoms with Crippen molar-refractivity contribution in [2.45, 2.75) is 18.9 Å². The van der Waals surface area contributed by atoms with E-state index in [0.29, 0.717) is 22.2 Å². The Morgan fingerprint density at radius 1 is 1.29 bits per heavy atom. The van der Waals surface area contributed by atoms with Gasteiger partial charge in [-0.25, -0.2) is 8.78 Å². The number of halogens is 2. The summed E-state index contributed by atoms with van der Waals surface area (Å²) >= 11 is 5.12. The molecule has 1 saturated carbocycles. The molecule has 88 valence electrons. The Morgan fingerprint density at radius 3 is 2.71 bits per heavy atom. The zero-order chi connectivity index (χ0) is 12.0. The van der Waals surface area contributed by atoms with Crippen molar-refractivity contribution in [3.8, 4) is 11.4 Å². The Morgan fingerprint density at radius 2 is 2.06 bits per heavy atom. The molecule has 1 aromatic heterocycles. The van der Waals surface area contributed by atoms with Crippen LogP contribution in [0.2, 0.25) is 0 Å². The lowest BCUT2D eigenvalue weighted by Gasteiger charge is -2.04. The van der Waals surface area contributed by atoms with Crippen LogP contribution in [0.1, 0.15) is 18.9 Å². The molecule has 0 bridgehead atoms. The Labute approximate surface area is 101 Å². The predicted molar refractivity (Wildman–Crippen MR) is 61.0 cm³/mol. The summed E-state index contributed by atoms with van der Waals surface area (Å²) in [6.07, 6.45) is 2.09. The minimum atomic E-state index is -0.876. The van der Waals surface area contributed by atoms with E-state index in [1.165, 1.54) is 6.07 Å². The van der Waals surface area contributed by atoms with Crippen molar-refractivity contribution in [1.82, 2.24) is 14.8 Å². The maximum Gasteiger partial charge on any atom is 0.195 e. The van der Waals surface area contributed by atoms with E-state index in [2.05, 4.69) is 10.2 Å². The summed E-state index contributed by atoms with van der Waals surface area (Å²) in [5.74, 6) is -1.17. The molecule has 0 amide bonds. The molecule has 0 radical (unpaired) electrons. The molecule has 3 rings (SSSR count). The fraction of sp³-hybridized carbons (Fsp3) is 0.273. The van der Waals surface area contributed by atoms with Crippen molar-refractivity contribution in [2.75, 3.05) is 0 Å². The molecule has 1 aliphatic carbocycles. The van der Waals surface area contributed by atoms with Crippen LogP contribution in [-0.4, -0.2) is 14.8 Å². The largest absolute Gasteiger partial charge is 0.297 e. The molecule has 6 heteroatoms. The summed E-state index contributed by atoms with van der Waals surface area (Å²) in [7, 11) is 0. The van der Waals surface area contributed by atoms with E-state index in [0.717, 1.165) is 25.0 Å². The van der Waals surface area contributed by atoms with E-state index < -0.39 is 11.6 Å². The van der Waals surface area contributed by atoms with Gasteiger partial charge in [0, 0.05) is 11.6 Å². The third-order valence-corrected chi connectivity index (χ3v) is 3.08. The van der Waals surface area contributed by atoms with Crippen LogP contribution in [0.5, 0.6) is 0 Å². The molecule has 3 nitrogen and oxygen atoms in total. The van der Waals surface area contributed by atoms with Gasteiger partial charge in [0.1, 0.15) is 0 Å². The van der Waals surface area contributed by atoms with Crippen LogP contribution in [0.3, 0.4) is 0 Å². The minimum Gasteiger partial charge on any atom is -0.297 e. The number of nitrogens with zero attached hydrogens (tertiary/aromatic N) is 2. The molecule has 0 saturated heterocycles. The first-order valence-electron chi connectivity index (χ1n) is 5.29. The second kappa shape index (κ2) is 3.73. The number of H-pyrrole nitrogens is 1. The lowest BCUT2D eigenvalue weighted by Crippen LogP contribution is -1.98. The molecular formula is C11H9F2N3S. The third kappa shape index (κ3) is 1.78. The van der Waals surface area contributed by atoms with Crippen LogP contribution < -0.4 is 0 Å². The van der Waals surface area contributed by atoms with Crippen LogP contribution in [0.25, 0.3) is 11.4 Å². The van der Waals surface area contributed by atoms with Crippen LogP contribution >= 0.6 is 12.2 Å². The Bertz CT molecular complexity index is 628. The van der Waals surface area contributed by atoms with E-state index in [1.807, 2.05) is 4.57 Å². The molecule has 1 fully saturated rings. The quantitative estimate of drug-likeness (QED) is 0.834. The molecule has 0 aliphatic heterocycles. The number of hydrogen-bond acceptors (Lipinski definition) is 2. The number of aromatic nitrogens is 3. The third-order valence-electron chi connectivity index (χ3n) is 2.79. The minimum absolute atomic E-state index is 0.337. The molecular weight excluding hydrogens is 244 g/mol. The van der Waals surface area contributed by atoms with Gasteiger partial charge in [-0.15, -0.1) is 0 Å². The van der Waals surface area contributed by atoms with Gasteiger partial charge in [-0.2, -0.15) is 5.10 Å². The van der Waals surface area contributed by atoms with Crippen molar-refractivity contribution in [2.24, 2.45) is 0 Å². The van der Waals surface area contributed by atoms with Crippen molar-refractivity contribution in [3.63, 3.8) is 0 Å². The summed E-state index contributed by atoms with van der Waals surface area (Å²) in [6.45, 7) is 0. The fourth-order valence-electron chi connectivity index (χ4n) is 1.82. The van der Waals surface area contributed by atoms with Crippen molar-refractivity contribution in [3.05, 3.63) is 34.6 Å². The maximum absolute atomic E-state index is 13.2. The summed E-state index contributed by atoms with van der Waals surface area (Å²) in [6, 6.07) is 4.07. The molecule has 0 spiro atoms. The number of benzene rings is 1. The summed E-state index contributed by atoms with van der Waals surface area (Å²) < 4.78 is 28.4. The normalized spacial score (nSPS) is 15.2. The van der Waals surface area contributed by atoms with Gasteiger partial charge in [-0.1, -0.05) is 0 Å². The average molecular weight is 253 g/mol. The average Bonchev–Trinajstić information content (AvgIpc) is 3.06. The smallest absolute Gasteiger partial charge is 0.195 e. The van der Waals surface area contributed by atoms with Crippen LogP contribution in [0, 0.1) is 16.4 Å². The van der Waals surface area contributed by atoms with Crippen molar-refractivity contribution >= 4 is 12.2 Å². The number of rotatable bonds is 2. The first kappa shape index (κ1) is 10.6. The first-order chi connectivity index (χ1) is 8.16. The topological polar surface area (TPSA) is 33.6 Å². The zero-order valence-corrected chi connectivity index (χ0v) is 9.60. The van der Waals surface area contributed by atoms with Crippen molar-refractivity contribution in [1.29, 1.82) is 0 Å². The number of nitrogens with one attached hydrogen (secondary N) is 1. The highest BCUT2D eigenvalue weighted by molar-refractivity contribution is 7.71. The van der Waals surface area contributed by atoms with E-state index in [1.54, 1.807) is 0 Å². The van der Waals surface area contributed by atoms with Gasteiger partial charge in [0.25, 0.3) is 0 Å². The van der Waals surface area contributed by atoms with Gasteiger partial charge >= 0.3 is 0 Å². The molecule has 1 N–H and O–H groups in total. The number of aromatic amines is 1. The van der Waals surface area contributed by atoms with Gasteiger partial charge in [0.15, 0.2) is 22.2 Å². The standard InChI is InChI=1S/C11H9F2N3S/c12-8-4-1-6(5-9(8)13)10-14-15-11(17)16(10)7-2-3-7/h1,4-5,7H,2-3H2,(H,15,17). The molecule has 0 atom stereocenters. The second-order valence-corrected chi connectivity index (χ2v) is 4.47. The Hall–Kier alpha value is -1.56. The van der Waals surface area contributed by atoms with Crippen molar-refractivity contribution < 1.29 is 8.78 Å². The monoisotopic (exact) mass is 253 g/mol. The summed E-state index contributed by atoms with van der Waals surface area (Å²) in [5.41, 5.74) is 0.531. The SMILES string of the molecule is Fc1ccc(-c2n[nH]c(=S)n2C2CC2)cc1F. The fourth-order valence-corrected chi connectivity index (χ4v) is 2.10. The summed E-state index contributed by atoms with van der Waals surface area (Å²) in [5, 5.41) is 6.77. The van der Waals surface area contributed by atoms with Crippen LogP contribution in [-0.2, 0) is 0 Å². The van der Waals surface area contributed by atoms with E-state index in [-0.39, 0.29) is 0 Å². The zero-order valence-electron chi connectivity index (χ0n) is 8.78. The maximum atomic E-state index is 13.2. The van der Waals surface area contributed by atoms with E-state index in [4.69, 9.17) is 12.2 Å². The molecule has 1 aliphatic rings. The second-order valence-electron chi connectivity index (χ2n) is 4.08. The van der Waals surface area contributed by atoms with E-state index >= 15 is 0 Å². The molecule has 1 heterocycles. The van der Waals surface area contributed by atoms with Gasteiger partial charge < -0.3 is 0 Å². The molecule has 0 unspecified atom stereocenters. The first-order valence-corrected chi connectivity index (χ1v) is 5.70. The highest BCUT2D eigenvalue weighted by Crippen LogP contribution is 2.38. The summed E-state index contributed by atoms with van der Waals surface area (Å²) in [4.78, 5) is 0. The molecule has 2 aromatic rings. The highest BCUT2D eigenvalue weighted by Gasteiger charge is 2.27. The number of hydrogen-bond donors (Lipinski definition) is 1. The van der Waals surface area contributed by atoms with E-state index in [9.17, 15) is 8.78 Å². The lowest BCUT2D eigenvalue weighted by atomic mass is 10.2. The lowest BCUT2D eigenvalue weighted by molar-refractivity contribution is 0.509. The Kier molecular flexibility index (Phi) is 2.32. The van der Waals surface area contributed by atoms with Crippen LogP contribution in [0.15, 0.2) is 18.2 Å². The Balaban J connectivity index is 2.14. The highest BCUT2D eigenvalue weighted by atomic mass is 32.1.